The lowest BCUT2D eigenvalue weighted by atomic mass is 10.1. The fourth-order valence-corrected chi connectivity index (χ4v) is 2.02. The van der Waals surface area contributed by atoms with Crippen LogP contribution in [0.3, 0.4) is 0 Å². The van der Waals surface area contributed by atoms with Crippen molar-refractivity contribution in [3.63, 3.8) is 0 Å². The summed E-state index contributed by atoms with van der Waals surface area (Å²) in [5.74, 6) is -0.108. The molecule has 0 spiro atoms. The van der Waals surface area contributed by atoms with E-state index in [0.717, 1.165) is 22.5 Å². The minimum absolute atomic E-state index is 0.108. The van der Waals surface area contributed by atoms with Crippen LogP contribution in [0.25, 0.3) is 0 Å². The zero-order valence-electron chi connectivity index (χ0n) is 12.0. The Morgan fingerprint density at radius 3 is 2.65 bits per heavy atom. The van der Waals surface area contributed by atoms with Gasteiger partial charge in [-0.1, -0.05) is 23.4 Å². The molecule has 6 heteroatoms. The number of anilines is 1. The van der Waals surface area contributed by atoms with Crippen LogP contribution in [0.2, 0.25) is 0 Å². The number of aryl methyl sites for hydroxylation is 2. The Bertz CT molecular complexity index is 585. The molecule has 0 radical (unpaired) electrons. The normalized spacial score (nSPS) is 10.6. The van der Waals surface area contributed by atoms with Crippen molar-refractivity contribution < 1.29 is 4.79 Å². The minimum Gasteiger partial charge on any atom is -0.324 e. The largest absolute Gasteiger partial charge is 0.324 e. The van der Waals surface area contributed by atoms with Crippen LogP contribution in [-0.2, 0) is 17.9 Å². The zero-order valence-corrected chi connectivity index (χ0v) is 12.0. The first kappa shape index (κ1) is 14.2. The van der Waals surface area contributed by atoms with E-state index in [4.69, 9.17) is 0 Å². The van der Waals surface area contributed by atoms with Crippen molar-refractivity contribution >= 4 is 11.6 Å². The lowest BCUT2D eigenvalue weighted by Crippen LogP contribution is -2.20. The number of nitrogens with zero attached hydrogens (tertiary/aromatic N) is 3. The fraction of sp³-hybridized carbons (Fsp3) is 0.357. The van der Waals surface area contributed by atoms with Crippen molar-refractivity contribution in [3.8, 4) is 0 Å². The molecule has 2 N–H and O–H groups in total. The highest BCUT2D eigenvalue weighted by Crippen LogP contribution is 2.19. The summed E-state index contributed by atoms with van der Waals surface area (Å²) in [5, 5.41) is 13.8. The Hall–Kier alpha value is -2.21. The maximum atomic E-state index is 12.0. The Balaban J connectivity index is 2.01. The fourth-order valence-electron chi connectivity index (χ4n) is 2.02. The van der Waals surface area contributed by atoms with Crippen LogP contribution in [0.4, 0.5) is 5.69 Å². The molecule has 0 aliphatic carbocycles. The van der Waals surface area contributed by atoms with Gasteiger partial charge in [0.1, 0.15) is 6.54 Å². The van der Waals surface area contributed by atoms with Gasteiger partial charge < -0.3 is 10.6 Å². The molecule has 1 heterocycles. The number of hydrogen-bond acceptors (Lipinski definition) is 4. The topological polar surface area (TPSA) is 71.8 Å². The predicted molar refractivity (Wildman–Crippen MR) is 77.3 cm³/mol. The number of nitrogens with one attached hydrogen (secondary N) is 2. The first-order valence-corrected chi connectivity index (χ1v) is 6.50. The molecule has 0 bridgehead atoms. The van der Waals surface area contributed by atoms with Crippen molar-refractivity contribution in [3.05, 3.63) is 41.2 Å². The molecule has 0 aliphatic heterocycles. The third-order valence-corrected chi connectivity index (χ3v) is 3.00. The number of carbonyl (C=O) groups is 1. The summed E-state index contributed by atoms with van der Waals surface area (Å²) in [6.45, 7) is 4.75. The Kier molecular flexibility index (Phi) is 4.47. The number of hydrogen-bond donors (Lipinski definition) is 2. The third-order valence-electron chi connectivity index (χ3n) is 3.00. The van der Waals surface area contributed by atoms with Gasteiger partial charge in [0.15, 0.2) is 0 Å². The molecule has 1 aromatic carbocycles. The highest BCUT2D eigenvalue weighted by molar-refractivity contribution is 5.92. The highest BCUT2D eigenvalue weighted by Gasteiger charge is 2.09. The molecule has 2 rings (SSSR count). The van der Waals surface area contributed by atoms with Crippen molar-refractivity contribution in [2.75, 3.05) is 12.4 Å². The summed E-state index contributed by atoms with van der Waals surface area (Å²) in [4.78, 5) is 12.0. The van der Waals surface area contributed by atoms with Crippen LogP contribution in [0, 0.1) is 13.8 Å². The van der Waals surface area contributed by atoms with E-state index in [0.29, 0.717) is 6.54 Å². The molecule has 0 saturated carbocycles. The Morgan fingerprint density at radius 1 is 1.30 bits per heavy atom. The van der Waals surface area contributed by atoms with E-state index in [9.17, 15) is 4.79 Å². The summed E-state index contributed by atoms with van der Waals surface area (Å²) in [6, 6.07) is 5.92. The van der Waals surface area contributed by atoms with Crippen LogP contribution >= 0.6 is 0 Å². The van der Waals surface area contributed by atoms with E-state index in [1.165, 1.54) is 4.68 Å². The van der Waals surface area contributed by atoms with Gasteiger partial charge in [-0.25, -0.2) is 4.68 Å². The summed E-state index contributed by atoms with van der Waals surface area (Å²) >= 11 is 0. The maximum absolute atomic E-state index is 12.0. The second-order valence-electron chi connectivity index (χ2n) is 4.75. The van der Waals surface area contributed by atoms with E-state index in [2.05, 4.69) is 20.9 Å². The molecule has 0 saturated heterocycles. The van der Waals surface area contributed by atoms with Gasteiger partial charge in [0.25, 0.3) is 0 Å². The van der Waals surface area contributed by atoms with Gasteiger partial charge in [-0.15, -0.1) is 5.10 Å². The number of aromatic nitrogens is 3. The van der Waals surface area contributed by atoms with Crippen LogP contribution in [-0.4, -0.2) is 27.9 Å². The summed E-state index contributed by atoms with van der Waals surface area (Å²) in [7, 11) is 1.84. The van der Waals surface area contributed by atoms with Gasteiger partial charge in [0.05, 0.1) is 11.9 Å². The van der Waals surface area contributed by atoms with Gasteiger partial charge >= 0.3 is 0 Å². The molecule has 2 aromatic rings. The predicted octanol–water partition coefficient (Wildman–Crippen LogP) is 1.25. The van der Waals surface area contributed by atoms with E-state index in [-0.39, 0.29) is 12.5 Å². The highest BCUT2D eigenvalue weighted by atomic mass is 16.2. The zero-order chi connectivity index (χ0) is 14.5. The smallest absolute Gasteiger partial charge is 0.246 e. The van der Waals surface area contributed by atoms with E-state index in [1.807, 2.05) is 39.1 Å². The first-order chi connectivity index (χ1) is 9.60. The third kappa shape index (κ3) is 3.42. The van der Waals surface area contributed by atoms with Crippen LogP contribution in [0.5, 0.6) is 0 Å². The molecule has 1 amide bonds. The number of carbonyl (C=O) groups excluding carboxylic acids is 1. The summed E-state index contributed by atoms with van der Waals surface area (Å²) < 4.78 is 1.54. The average Bonchev–Trinajstić information content (AvgIpc) is 2.82. The van der Waals surface area contributed by atoms with Crippen molar-refractivity contribution in [1.29, 1.82) is 0 Å². The summed E-state index contributed by atoms with van der Waals surface area (Å²) in [6.07, 6.45) is 1.76. The lowest BCUT2D eigenvalue weighted by Gasteiger charge is -2.11. The Morgan fingerprint density at radius 2 is 2.00 bits per heavy atom. The Labute approximate surface area is 118 Å². The van der Waals surface area contributed by atoms with Crippen molar-refractivity contribution in [2.45, 2.75) is 26.9 Å². The van der Waals surface area contributed by atoms with E-state index in [1.54, 1.807) is 6.20 Å². The molecule has 1 aromatic heterocycles. The second-order valence-corrected chi connectivity index (χ2v) is 4.75. The molecule has 0 aliphatic rings. The second kappa shape index (κ2) is 6.29. The monoisotopic (exact) mass is 273 g/mol. The van der Waals surface area contributed by atoms with Crippen molar-refractivity contribution in [2.24, 2.45) is 0 Å². The summed E-state index contributed by atoms with van der Waals surface area (Å²) in [5.41, 5.74) is 3.78. The molecule has 0 unspecified atom stereocenters. The van der Waals surface area contributed by atoms with Gasteiger partial charge in [0, 0.05) is 12.2 Å². The van der Waals surface area contributed by atoms with Gasteiger partial charge in [-0.2, -0.15) is 0 Å². The minimum atomic E-state index is -0.108. The lowest BCUT2D eigenvalue weighted by molar-refractivity contribution is -0.116. The standard InChI is InChI=1S/C14H19N5O/c1-10-5-4-6-11(2)14(10)16-13(20)9-19-8-12(7-15-3)17-18-19/h4-6,8,15H,7,9H2,1-3H3,(H,16,20). The van der Waals surface area contributed by atoms with Gasteiger partial charge in [0.2, 0.25) is 5.91 Å². The quantitative estimate of drug-likeness (QED) is 0.860. The molecule has 6 nitrogen and oxygen atoms in total. The maximum Gasteiger partial charge on any atom is 0.246 e. The number of amides is 1. The van der Waals surface area contributed by atoms with Crippen LogP contribution in [0.15, 0.2) is 24.4 Å². The molecule has 0 atom stereocenters. The molecular formula is C14H19N5O. The van der Waals surface area contributed by atoms with Crippen molar-refractivity contribution in [1.82, 2.24) is 20.3 Å². The SMILES string of the molecule is CNCc1cn(CC(=O)Nc2c(C)cccc2C)nn1. The number of rotatable bonds is 5. The number of benzene rings is 1. The first-order valence-electron chi connectivity index (χ1n) is 6.50. The van der Waals surface area contributed by atoms with Gasteiger partial charge in [-0.3, -0.25) is 4.79 Å². The molecule has 0 fully saturated rings. The molecule has 106 valence electrons. The van der Waals surface area contributed by atoms with Crippen LogP contribution in [0.1, 0.15) is 16.8 Å². The van der Waals surface area contributed by atoms with E-state index < -0.39 is 0 Å². The van der Waals surface area contributed by atoms with Crippen LogP contribution < -0.4 is 10.6 Å². The van der Waals surface area contributed by atoms with Gasteiger partial charge in [-0.05, 0) is 32.0 Å². The molecule has 20 heavy (non-hydrogen) atoms. The number of para-hydroxylation sites is 1. The van der Waals surface area contributed by atoms with E-state index >= 15 is 0 Å². The molecular weight excluding hydrogens is 254 g/mol. The average molecular weight is 273 g/mol.